The molecule has 1 saturated heterocycles. The van der Waals surface area contributed by atoms with Gasteiger partial charge in [0.1, 0.15) is 5.41 Å². The van der Waals surface area contributed by atoms with Gasteiger partial charge in [0.2, 0.25) is 5.91 Å². The van der Waals surface area contributed by atoms with Gasteiger partial charge >= 0.3 is 0 Å². The normalized spacial score (nSPS) is 26.5. The first-order valence-corrected chi connectivity index (χ1v) is 6.75. The van der Waals surface area contributed by atoms with Crippen LogP contribution in [0, 0.1) is 16.7 Å². The SMILES string of the molecule is CC1(C)CCCN1C(=O)C1(C#N)CCCCC1. The third-order valence-electron chi connectivity index (χ3n) is 4.48. The number of nitriles is 1. The Bertz CT molecular complexity index is 348. The molecule has 0 aromatic heterocycles. The first kappa shape index (κ1) is 12.4. The molecule has 1 saturated carbocycles. The summed E-state index contributed by atoms with van der Waals surface area (Å²) in [6.07, 6.45) is 6.85. The zero-order valence-corrected chi connectivity index (χ0v) is 11.0. The summed E-state index contributed by atoms with van der Waals surface area (Å²) in [6, 6.07) is 2.34. The van der Waals surface area contributed by atoms with E-state index in [0.717, 1.165) is 45.1 Å². The molecule has 1 aliphatic carbocycles. The Kier molecular flexibility index (Phi) is 3.16. The number of hydrogen-bond acceptors (Lipinski definition) is 2. The van der Waals surface area contributed by atoms with Crippen molar-refractivity contribution in [1.29, 1.82) is 5.26 Å². The number of carbonyl (C=O) groups is 1. The largest absolute Gasteiger partial charge is 0.336 e. The minimum Gasteiger partial charge on any atom is -0.336 e. The van der Waals surface area contributed by atoms with E-state index in [0.29, 0.717) is 0 Å². The molecule has 2 aliphatic rings. The number of likely N-dealkylation sites (tertiary alicyclic amines) is 1. The van der Waals surface area contributed by atoms with E-state index in [1.165, 1.54) is 6.42 Å². The van der Waals surface area contributed by atoms with Crippen molar-refractivity contribution in [3.05, 3.63) is 0 Å². The molecule has 0 aromatic rings. The van der Waals surface area contributed by atoms with E-state index in [9.17, 15) is 10.1 Å². The van der Waals surface area contributed by atoms with Gasteiger partial charge in [0.15, 0.2) is 0 Å². The van der Waals surface area contributed by atoms with Crippen molar-refractivity contribution >= 4 is 5.91 Å². The Hall–Kier alpha value is -1.04. The van der Waals surface area contributed by atoms with Crippen LogP contribution in [0.3, 0.4) is 0 Å². The van der Waals surface area contributed by atoms with Gasteiger partial charge in [-0.25, -0.2) is 0 Å². The molecule has 0 aromatic carbocycles. The van der Waals surface area contributed by atoms with Crippen LogP contribution >= 0.6 is 0 Å². The number of carbonyl (C=O) groups excluding carboxylic acids is 1. The average Bonchev–Trinajstić information content (AvgIpc) is 2.69. The van der Waals surface area contributed by atoms with Crippen molar-refractivity contribution in [2.75, 3.05) is 6.54 Å². The summed E-state index contributed by atoms with van der Waals surface area (Å²) in [5.41, 5.74) is -0.766. The lowest BCUT2D eigenvalue weighted by atomic mass is 9.73. The predicted octanol–water partition coefficient (Wildman–Crippen LogP) is 2.86. The highest BCUT2D eigenvalue weighted by atomic mass is 16.2. The second-order valence-corrected chi connectivity index (χ2v) is 6.13. The van der Waals surface area contributed by atoms with Crippen LogP contribution in [0.1, 0.15) is 58.8 Å². The molecule has 0 N–H and O–H groups in total. The zero-order valence-electron chi connectivity index (χ0n) is 11.0. The summed E-state index contributed by atoms with van der Waals surface area (Å²) in [7, 11) is 0. The molecule has 0 unspecified atom stereocenters. The van der Waals surface area contributed by atoms with E-state index in [1.54, 1.807) is 0 Å². The summed E-state index contributed by atoms with van der Waals surface area (Å²) in [5.74, 6) is 0.0993. The Morgan fingerprint density at radius 3 is 2.24 bits per heavy atom. The van der Waals surface area contributed by atoms with Gasteiger partial charge in [0.05, 0.1) is 6.07 Å². The molecular formula is C14H22N2O. The molecule has 1 amide bonds. The highest BCUT2D eigenvalue weighted by Crippen LogP contribution is 2.41. The van der Waals surface area contributed by atoms with E-state index in [4.69, 9.17) is 0 Å². The van der Waals surface area contributed by atoms with Crippen LogP contribution in [-0.4, -0.2) is 22.9 Å². The van der Waals surface area contributed by atoms with Crippen molar-refractivity contribution in [2.24, 2.45) is 5.41 Å². The van der Waals surface area contributed by atoms with E-state index in [-0.39, 0.29) is 11.4 Å². The fraction of sp³-hybridized carbons (Fsp3) is 0.857. The van der Waals surface area contributed by atoms with Gasteiger partial charge in [-0.15, -0.1) is 0 Å². The second-order valence-electron chi connectivity index (χ2n) is 6.13. The maximum atomic E-state index is 12.7. The number of nitrogens with zero attached hydrogens (tertiary/aromatic N) is 2. The number of hydrogen-bond donors (Lipinski definition) is 0. The Morgan fingerprint density at radius 1 is 1.12 bits per heavy atom. The van der Waals surface area contributed by atoms with Crippen molar-refractivity contribution in [1.82, 2.24) is 4.90 Å². The van der Waals surface area contributed by atoms with Gasteiger partial charge in [-0.05, 0) is 39.5 Å². The molecule has 94 valence electrons. The predicted molar refractivity (Wildman–Crippen MR) is 66.2 cm³/mol. The van der Waals surface area contributed by atoms with Crippen LogP contribution in [0.4, 0.5) is 0 Å². The van der Waals surface area contributed by atoms with Crippen molar-refractivity contribution in [3.8, 4) is 6.07 Å². The summed E-state index contributed by atoms with van der Waals surface area (Å²) in [4.78, 5) is 14.6. The molecule has 1 heterocycles. The summed E-state index contributed by atoms with van der Waals surface area (Å²) >= 11 is 0. The molecule has 3 nitrogen and oxygen atoms in total. The van der Waals surface area contributed by atoms with Gasteiger partial charge in [0.25, 0.3) is 0 Å². The maximum Gasteiger partial charge on any atom is 0.243 e. The zero-order chi connectivity index (χ0) is 12.5. The first-order valence-electron chi connectivity index (χ1n) is 6.75. The molecule has 2 rings (SSSR count). The minimum absolute atomic E-state index is 0.0572. The van der Waals surface area contributed by atoms with Gasteiger partial charge in [0, 0.05) is 12.1 Å². The highest BCUT2D eigenvalue weighted by molar-refractivity contribution is 5.86. The minimum atomic E-state index is -0.708. The van der Waals surface area contributed by atoms with Gasteiger partial charge in [-0.3, -0.25) is 4.79 Å². The van der Waals surface area contributed by atoms with Crippen molar-refractivity contribution in [2.45, 2.75) is 64.3 Å². The van der Waals surface area contributed by atoms with E-state index < -0.39 is 5.41 Å². The molecule has 0 spiro atoms. The van der Waals surface area contributed by atoms with Crippen LogP contribution in [0.5, 0.6) is 0 Å². The van der Waals surface area contributed by atoms with Crippen LogP contribution in [-0.2, 0) is 4.79 Å². The monoisotopic (exact) mass is 234 g/mol. The van der Waals surface area contributed by atoms with Crippen LogP contribution in [0.25, 0.3) is 0 Å². The Morgan fingerprint density at radius 2 is 1.76 bits per heavy atom. The lowest BCUT2D eigenvalue weighted by Gasteiger charge is -2.39. The molecule has 3 heteroatoms. The Balaban J connectivity index is 2.21. The topological polar surface area (TPSA) is 44.1 Å². The Labute approximate surface area is 104 Å². The maximum absolute atomic E-state index is 12.7. The molecule has 0 atom stereocenters. The number of rotatable bonds is 1. The van der Waals surface area contributed by atoms with Crippen LogP contribution in [0.2, 0.25) is 0 Å². The fourth-order valence-corrected chi connectivity index (χ4v) is 3.27. The quantitative estimate of drug-likeness (QED) is 0.700. The third-order valence-corrected chi connectivity index (χ3v) is 4.48. The molecular weight excluding hydrogens is 212 g/mol. The lowest BCUT2D eigenvalue weighted by molar-refractivity contribution is -0.143. The lowest BCUT2D eigenvalue weighted by Crippen LogP contribution is -2.50. The first-order chi connectivity index (χ1) is 8.02. The number of amides is 1. The average molecular weight is 234 g/mol. The fourth-order valence-electron chi connectivity index (χ4n) is 3.27. The van der Waals surface area contributed by atoms with Gasteiger partial charge in [-0.2, -0.15) is 5.26 Å². The van der Waals surface area contributed by atoms with E-state index in [2.05, 4.69) is 19.9 Å². The summed E-state index contributed by atoms with van der Waals surface area (Å²) in [5, 5.41) is 9.44. The second kappa shape index (κ2) is 4.33. The van der Waals surface area contributed by atoms with Crippen molar-refractivity contribution < 1.29 is 4.79 Å². The highest BCUT2D eigenvalue weighted by Gasteiger charge is 2.47. The molecule has 1 aliphatic heterocycles. The molecule has 2 fully saturated rings. The smallest absolute Gasteiger partial charge is 0.243 e. The van der Waals surface area contributed by atoms with Crippen molar-refractivity contribution in [3.63, 3.8) is 0 Å². The van der Waals surface area contributed by atoms with Crippen LogP contribution in [0.15, 0.2) is 0 Å². The van der Waals surface area contributed by atoms with E-state index in [1.807, 2.05) is 4.90 Å². The van der Waals surface area contributed by atoms with Crippen LogP contribution < -0.4 is 0 Å². The molecule has 17 heavy (non-hydrogen) atoms. The van der Waals surface area contributed by atoms with Gasteiger partial charge in [-0.1, -0.05) is 19.3 Å². The summed E-state index contributed by atoms with van der Waals surface area (Å²) < 4.78 is 0. The van der Waals surface area contributed by atoms with Gasteiger partial charge < -0.3 is 4.90 Å². The standard InChI is InChI=1S/C14H22N2O/c1-13(2)7-6-10-16(13)12(17)14(11-15)8-4-3-5-9-14/h3-10H2,1-2H3. The van der Waals surface area contributed by atoms with E-state index >= 15 is 0 Å². The summed E-state index contributed by atoms with van der Waals surface area (Å²) in [6.45, 7) is 5.06. The third kappa shape index (κ3) is 2.06. The molecule has 0 radical (unpaired) electrons. The molecule has 0 bridgehead atoms.